The van der Waals surface area contributed by atoms with E-state index >= 15 is 0 Å². The summed E-state index contributed by atoms with van der Waals surface area (Å²) in [4.78, 5) is 25.8. The number of benzene rings is 2. The molecule has 0 saturated heterocycles. The van der Waals surface area contributed by atoms with Crippen molar-refractivity contribution in [3.8, 4) is 5.75 Å². The van der Waals surface area contributed by atoms with Crippen LogP contribution in [0, 0.1) is 5.41 Å². The number of ketones is 1. The number of aromatic nitrogens is 4. The van der Waals surface area contributed by atoms with E-state index in [1.54, 1.807) is 17.7 Å². The lowest BCUT2D eigenvalue weighted by Gasteiger charge is -2.16. The molecule has 0 bridgehead atoms. The van der Waals surface area contributed by atoms with Crippen LogP contribution < -0.4 is 10.3 Å². The van der Waals surface area contributed by atoms with Crippen LogP contribution in [0.5, 0.6) is 5.75 Å². The third-order valence-corrected chi connectivity index (χ3v) is 6.10. The summed E-state index contributed by atoms with van der Waals surface area (Å²) in [6, 6.07) is 15.0. The SMILES string of the molecule is COc1ccccc1Cn1c(=O)c2ccccc2n2c(SCC(=O)C(C)(C)C)nnc12. The van der Waals surface area contributed by atoms with Crippen LogP contribution in [0.2, 0.25) is 0 Å². The Labute approximate surface area is 184 Å². The van der Waals surface area contributed by atoms with Crippen molar-refractivity contribution in [2.45, 2.75) is 32.5 Å². The molecule has 31 heavy (non-hydrogen) atoms. The van der Waals surface area contributed by atoms with Crippen molar-refractivity contribution in [1.29, 1.82) is 0 Å². The van der Waals surface area contributed by atoms with Crippen molar-refractivity contribution in [2.24, 2.45) is 5.41 Å². The zero-order valence-corrected chi connectivity index (χ0v) is 18.8. The highest BCUT2D eigenvalue weighted by Gasteiger charge is 2.23. The van der Waals surface area contributed by atoms with Crippen LogP contribution in [0.4, 0.5) is 0 Å². The number of para-hydroxylation sites is 2. The van der Waals surface area contributed by atoms with Crippen LogP contribution in [0.3, 0.4) is 0 Å². The molecule has 160 valence electrons. The zero-order valence-electron chi connectivity index (χ0n) is 18.0. The number of rotatable bonds is 6. The number of carbonyl (C=O) groups excluding carboxylic acids is 1. The largest absolute Gasteiger partial charge is 0.496 e. The molecule has 0 saturated carbocycles. The summed E-state index contributed by atoms with van der Waals surface area (Å²) in [6.07, 6.45) is 0. The summed E-state index contributed by atoms with van der Waals surface area (Å²) in [5, 5.41) is 9.79. The van der Waals surface area contributed by atoms with Crippen LogP contribution in [-0.2, 0) is 11.3 Å². The van der Waals surface area contributed by atoms with E-state index in [1.807, 2.05) is 67.6 Å². The van der Waals surface area contributed by atoms with E-state index in [0.717, 1.165) is 11.1 Å². The molecule has 0 spiro atoms. The zero-order chi connectivity index (χ0) is 22.2. The normalized spacial score (nSPS) is 11.9. The van der Waals surface area contributed by atoms with Crippen molar-refractivity contribution >= 4 is 34.2 Å². The van der Waals surface area contributed by atoms with E-state index in [0.29, 0.717) is 28.6 Å². The Kier molecular flexibility index (Phi) is 5.58. The van der Waals surface area contributed by atoms with Crippen molar-refractivity contribution < 1.29 is 9.53 Å². The second kappa shape index (κ2) is 8.19. The Balaban J connectivity index is 1.87. The van der Waals surface area contributed by atoms with E-state index in [-0.39, 0.29) is 17.1 Å². The number of ether oxygens (including phenoxy) is 1. The fraction of sp³-hybridized carbons (Fsp3) is 0.304. The molecule has 0 unspecified atom stereocenters. The molecule has 4 aromatic rings. The molecule has 2 aromatic carbocycles. The van der Waals surface area contributed by atoms with Crippen molar-refractivity contribution in [2.75, 3.05) is 12.9 Å². The number of Topliss-reactive ketones (excluding diaryl/α,β-unsaturated/α-hetero) is 1. The highest BCUT2D eigenvalue weighted by molar-refractivity contribution is 7.99. The number of nitrogens with zero attached hydrogens (tertiary/aromatic N) is 4. The number of hydrogen-bond acceptors (Lipinski definition) is 6. The van der Waals surface area contributed by atoms with E-state index in [4.69, 9.17) is 4.74 Å². The summed E-state index contributed by atoms with van der Waals surface area (Å²) < 4.78 is 8.91. The number of methoxy groups -OCH3 is 1. The maximum absolute atomic E-state index is 13.3. The topological polar surface area (TPSA) is 78.5 Å². The van der Waals surface area contributed by atoms with Crippen LogP contribution in [0.25, 0.3) is 16.7 Å². The van der Waals surface area contributed by atoms with Gasteiger partial charge in [-0.05, 0) is 18.2 Å². The van der Waals surface area contributed by atoms with Gasteiger partial charge >= 0.3 is 0 Å². The van der Waals surface area contributed by atoms with Crippen molar-refractivity contribution in [1.82, 2.24) is 19.2 Å². The predicted octanol–water partition coefficient (Wildman–Crippen LogP) is 3.81. The van der Waals surface area contributed by atoms with Gasteiger partial charge in [-0.15, -0.1) is 10.2 Å². The van der Waals surface area contributed by atoms with Gasteiger partial charge in [-0.1, -0.05) is 62.9 Å². The molecule has 2 heterocycles. The molecular formula is C23H24N4O3S. The van der Waals surface area contributed by atoms with E-state index < -0.39 is 5.41 Å². The summed E-state index contributed by atoms with van der Waals surface area (Å²) in [6.45, 7) is 6.00. The first kappa shape index (κ1) is 21.1. The first-order valence-corrected chi connectivity index (χ1v) is 10.9. The molecule has 8 heteroatoms. The van der Waals surface area contributed by atoms with E-state index in [9.17, 15) is 9.59 Å². The van der Waals surface area contributed by atoms with Gasteiger partial charge in [-0.25, -0.2) is 0 Å². The molecule has 0 aliphatic carbocycles. The monoisotopic (exact) mass is 436 g/mol. The molecule has 0 N–H and O–H groups in total. The van der Waals surface area contributed by atoms with Gasteiger partial charge in [0, 0.05) is 11.0 Å². The predicted molar refractivity (Wildman–Crippen MR) is 122 cm³/mol. The summed E-state index contributed by atoms with van der Waals surface area (Å²) in [5.74, 6) is 1.54. The molecule has 0 fully saturated rings. The highest BCUT2D eigenvalue weighted by Crippen LogP contribution is 2.26. The minimum absolute atomic E-state index is 0.126. The number of fused-ring (bicyclic) bond motifs is 3. The smallest absolute Gasteiger partial charge is 0.263 e. The van der Waals surface area contributed by atoms with Gasteiger partial charge in [0.05, 0.1) is 30.3 Å². The fourth-order valence-corrected chi connectivity index (χ4v) is 4.42. The molecule has 2 aromatic heterocycles. The van der Waals surface area contributed by atoms with Gasteiger partial charge in [0.2, 0.25) is 5.78 Å². The fourth-order valence-electron chi connectivity index (χ4n) is 3.32. The Bertz CT molecular complexity index is 1330. The third-order valence-electron chi connectivity index (χ3n) is 5.17. The Hall–Kier alpha value is -3.13. The van der Waals surface area contributed by atoms with Gasteiger partial charge in [0.1, 0.15) is 11.5 Å². The van der Waals surface area contributed by atoms with Crippen molar-refractivity contribution in [3.05, 3.63) is 64.4 Å². The lowest BCUT2D eigenvalue weighted by atomic mass is 9.92. The number of thioether (sulfide) groups is 1. The van der Waals surface area contributed by atoms with Gasteiger partial charge < -0.3 is 4.74 Å². The Morgan fingerprint density at radius 2 is 1.77 bits per heavy atom. The minimum Gasteiger partial charge on any atom is -0.496 e. The van der Waals surface area contributed by atoms with Gasteiger partial charge in [-0.2, -0.15) is 0 Å². The molecule has 0 aliphatic rings. The van der Waals surface area contributed by atoms with Crippen LogP contribution >= 0.6 is 11.8 Å². The number of carbonyl (C=O) groups is 1. The van der Waals surface area contributed by atoms with Crippen molar-refractivity contribution in [3.63, 3.8) is 0 Å². The standard InChI is InChI=1S/C23H24N4O3S/c1-23(2,3)19(28)14-31-22-25-24-21-26(13-15-9-5-8-12-18(15)30-4)20(29)16-10-6-7-11-17(16)27(21)22/h5-12H,13-14H2,1-4H3. The summed E-state index contributed by atoms with van der Waals surface area (Å²) in [7, 11) is 1.61. The third kappa shape index (κ3) is 3.95. The van der Waals surface area contributed by atoms with Crippen LogP contribution in [-0.4, -0.2) is 37.8 Å². The molecule has 4 rings (SSSR count). The maximum atomic E-state index is 13.3. The van der Waals surface area contributed by atoms with Gasteiger partial charge in [0.15, 0.2) is 5.16 Å². The molecular weight excluding hydrogens is 412 g/mol. The molecule has 0 radical (unpaired) electrons. The quantitative estimate of drug-likeness (QED) is 0.428. The van der Waals surface area contributed by atoms with Crippen LogP contribution in [0.15, 0.2) is 58.5 Å². The van der Waals surface area contributed by atoms with E-state index in [2.05, 4.69) is 10.2 Å². The Morgan fingerprint density at radius 3 is 2.52 bits per heavy atom. The maximum Gasteiger partial charge on any atom is 0.263 e. The molecule has 0 amide bonds. The second-order valence-corrected chi connectivity index (χ2v) is 9.24. The molecule has 0 atom stereocenters. The lowest BCUT2D eigenvalue weighted by molar-refractivity contribution is -0.123. The summed E-state index contributed by atoms with van der Waals surface area (Å²) in [5.41, 5.74) is 1.00. The van der Waals surface area contributed by atoms with Gasteiger partial charge in [-0.3, -0.25) is 18.6 Å². The van der Waals surface area contributed by atoms with E-state index in [1.165, 1.54) is 11.8 Å². The van der Waals surface area contributed by atoms with Gasteiger partial charge in [0.25, 0.3) is 5.56 Å². The molecule has 0 aliphatic heterocycles. The lowest BCUT2D eigenvalue weighted by Crippen LogP contribution is -2.24. The Morgan fingerprint density at radius 1 is 1.06 bits per heavy atom. The molecule has 7 nitrogen and oxygen atoms in total. The number of hydrogen-bond donors (Lipinski definition) is 0. The highest BCUT2D eigenvalue weighted by atomic mass is 32.2. The average Bonchev–Trinajstić information content (AvgIpc) is 3.18. The first-order chi connectivity index (χ1) is 14.8. The first-order valence-electron chi connectivity index (χ1n) is 9.96. The van der Waals surface area contributed by atoms with Crippen LogP contribution in [0.1, 0.15) is 26.3 Å². The minimum atomic E-state index is -0.429. The second-order valence-electron chi connectivity index (χ2n) is 8.30. The summed E-state index contributed by atoms with van der Waals surface area (Å²) >= 11 is 1.33. The average molecular weight is 437 g/mol.